The van der Waals surface area contributed by atoms with E-state index in [-0.39, 0.29) is 0 Å². The van der Waals surface area contributed by atoms with Crippen LogP contribution in [0.5, 0.6) is 0 Å². The lowest BCUT2D eigenvalue weighted by molar-refractivity contribution is 1.09. The third-order valence-electron chi connectivity index (χ3n) is 2.74. The SMILES string of the molecule is c1cnc2c(CNc3cnccn3)cccc2c1. The number of nitrogens with zero attached hydrogens (tertiary/aromatic N) is 3. The molecular formula is C14H12N4. The largest absolute Gasteiger partial charge is 0.365 e. The Kier molecular flexibility index (Phi) is 2.84. The Balaban J connectivity index is 1.87. The zero-order valence-corrected chi connectivity index (χ0v) is 9.74. The van der Waals surface area contributed by atoms with Crippen LogP contribution in [0.2, 0.25) is 0 Å². The Hall–Kier alpha value is -2.49. The molecule has 3 aromatic rings. The van der Waals surface area contributed by atoms with Gasteiger partial charge < -0.3 is 5.32 Å². The number of aromatic nitrogens is 3. The first-order valence-electron chi connectivity index (χ1n) is 5.76. The van der Waals surface area contributed by atoms with Crippen LogP contribution in [0.3, 0.4) is 0 Å². The number of hydrogen-bond donors (Lipinski definition) is 1. The van der Waals surface area contributed by atoms with Crippen molar-refractivity contribution in [3.63, 3.8) is 0 Å². The van der Waals surface area contributed by atoms with Crippen molar-refractivity contribution >= 4 is 16.7 Å². The molecule has 0 fully saturated rings. The predicted molar refractivity (Wildman–Crippen MR) is 71.1 cm³/mol. The van der Waals surface area contributed by atoms with Gasteiger partial charge in [0.1, 0.15) is 5.82 Å². The van der Waals surface area contributed by atoms with Gasteiger partial charge in [-0.1, -0.05) is 24.3 Å². The van der Waals surface area contributed by atoms with Crippen LogP contribution in [0, 0.1) is 0 Å². The minimum atomic E-state index is 0.688. The lowest BCUT2D eigenvalue weighted by Crippen LogP contribution is -2.02. The Morgan fingerprint density at radius 3 is 2.78 bits per heavy atom. The molecule has 0 atom stereocenters. The second kappa shape index (κ2) is 4.79. The zero-order valence-electron chi connectivity index (χ0n) is 9.74. The first-order chi connectivity index (χ1) is 8.93. The summed E-state index contributed by atoms with van der Waals surface area (Å²) in [4.78, 5) is 12.6. The molecule has 3 rings (SSSR count). The van der Waals surface area contributed by atoms with Crippen LogP contribution >= 0.6 is 0 Å². The third-order valence-corrected chi connectivity index (χ3v) is 2.74. The fraction of sp³-hybridized carbons (Fsp3) is 0.0714. The van der Waals surface area contributed by atoms with Crippen molar-refractivity contribution in [3.8, 4) is 0 Å². The molecule has 0 radical (unpaired) electrons. The highest BCUT2D eigenvalue weighted by Gasteiger charge is 2.01. The molecule has 2 aromatic heterocycles. The molecule has 0 aliphatic carbocycles. The average Bonchev–Trinajstić information content (AvgIpc) is 2.46. The van der Waals surface area contributed by atoms with Gasteiger partial charge in [-0.05, 0) is 11.6 Å². The zero-order chi connectivity index (χ0) is 12.2. The second-order valence-electron chi connectivity index (χ2n) is 3.94. The fourth-order valence-electron chi connectivity index (χ4n) is 1.89. The average molecular weight is 236 g/mol. The number of para-hydroxylation sites is 1. The molecule has 0 aliphatic heterocycles. The van der Waals surface area contributed by atoms with Gasteiger partial charge in [-0.3, -0.25) is 9.97 Å². The van der Waals surface area contributed by atoms with Crippen LogP contribution < -0.4 is 5.32 Å². The van der Waals surface area contributed by atoms with E-state index in [2.05, 4.69) is 38.5 Å². The van der Waals surface area contributed by atoms with Gasteiger partial charge in [-0.25, -0.2) is 4.98 Å². The van der Waals surface area contributed by atoms with E-state index in [1.165, 1.54) is 0 Å². The van der Waals surface area contributed by atoms with Crippen LogP contribution in [-0.2, 0) is 6.54 Å². The van der Waals surface area contributed by atoms with Gasteiger partial charge in [0.15, 0.2) is 0 Å². The molecular weight excluding hydrogens is 224 g/mol. The topological polar surface area (TPSA) is 50.7 Å². The molecule has 4 heteroatoms. The number of fused-ring (bicyclic) bond motifs is 1. The van der Waals surface area contributed by atoms with Crippen LogP contribution in [0.15, 0.2) is 55.1 Å². The molecule has 1 aromatic carbocycles. The van der Waals surface area contributed by atoms with Gasteiger partial charge in [0, 0.05) is 30.5 Å². The smallest absolute Gasteiger partial charge is 0.144 e. The maximum absolute atomic E-state index is 4.42. The number of benzene rings is 1. The predicted octanol–water partition coefficient (Wildman–Crippen LogP) is 2.64. The molecule has 2 heterocycles. The molecule has 18 heavy (non-hydrogen) atoms. The van der Waals surface area contributed by atoms with Crippen LogP contribution in [0.1, 0.15) is 5.56 Å². The van der Waals surface area contributed by atoms with Crippen molar-refractivity contribution in [2.45, 2.75) is 6.54 Å². The maximum atomic E-state index is 4.42. The van der Waals surface area contributed by atoms with Gasteiger partial charge in [0.05, 0.1) is 11.7 Å². The Morgan fingerprint density at radius 1 is 0.944 bits per heavy atom. The minimum Gasteiger partial charge on any atom is -0.365 e. The van der Waals surface area contributed by atoms with E-state index in [0.29, 0.717) is 6.54 Å². The summed E-state index contributed by atoms with van der Waals surface area (Å²) >= 11 is 0. The summed E-state index contributed by atoms with van der Waals surface area (Å²) in [6.07, 6.45) is 6.85. The lowest BCUT2D eigenvalue weighted by atomic mass is 10.1. The number of hydrogen-bond acceptors (Lipinski definition) is 4. The molecule has 0 amide bonds. The highest BCUT2D eigenvalue weighted by atomic mass is 15.0. The van der Waals surface area contributed by atoms with Crippen molar-refractivity contribution in [3.05, 3.63) is 60.7 Å². The summed E-state index contributed by atoms with van der Waals surface area (Å²) < 4.78 is 0. The summed E-state index contributed by atoms with van der Waals surface area (Å²) in [5, 5.41) is 4.39. The summed E-state index contributed by atoms with van der Waals surface area (Å²) in [5.74, 6) is 0.769. The molecule has 88 valence electrons. The van der Waals surface area contributed by atoms with Crippen molar-refractivity contribution in [1.29, 1.82) is 0 Å². The van der Waals surface area contributed by atoms with Crippen molar-refractivity contribution in [2.24, 2.45) is 0 Å². The highest BCUT2D eigenvalue weighted by Crippen LogP contribution is 2.16. The molecule has 4 nitrogen and oxygen atoms in total. The number of anilines is 1. The molecule has 0 unspecified atom stereocenters. The van der Waals surface area contributed by atoms with E-state index in [1.807, 2.05) is 18.3 Å². The van der Waals surface area contributed by atoms with E-state index in [9.17, 15) is 0 Å². The van der Waals surface area contributed by atoms with E-state index < -0.39 is 0 Å². The third kappa shape index (κ3) is 2.13. The normalized spacial score (nSPS) is 10.4. The van der Waals surface area contributed by atoms with Gasteiger partial charge in [0.25, 0.3) is 0 Å². The Morgan fingerprint density at radius 2 is 1.89 bits per heavy atom. The summed E-state index contributed by atoms with van der Waals surface area (Å²) in [5.41, 5.74) is 2.18. The Bertz CT molecular complexity index is 647. The van der Waals surface area contributed by atoms with Crippen molar-refractivity contribution in [1.82, 2.24) is 15.0 Å². The second-order valence-corrected chi connectivity index (χ2v) is 3.94. The van der Waals surface area contributed by atoms with Gasteiger partial charge >= 0.3 is 0 Å². The van der Waals surface area contributed by atoms with Gasteiger partial charge in [-0.2, -0.15) is 0 Å². The molecule has 0 bridgehead atoms. The van der Waals surface area contributed by atoms with E-state index in [4.69, 9.17) is 0 Å². The van der Waals surface area contributed by atoms with E-state index in [0.717, 1.165) is 22.3 Å². The standard InChI is InChI=1S/C14H12N4/c1-3-11-5-2-6-17-14(11)12(4-1)9-18-13-10-15-7-8-16-13/h1-8,10H,9H2,(H,16,18). The minimum absolute atomic E-state index is 0.688. The summed E-state index contributed by atoms with van der Waals surface area (Å²) in [7, 11) is 0. The van der Waals surface area contributed by atoms with Crippen LogP contribution in [0.4, 0.5) is 5.82 Å². The van der Waals surface area contributed by atoms with Crippen molar-refractivity contribution < 1.29 is 0 Å². The fourth-order valence-corrected chi connectivity index (χ4v) is 1.89. The maximum Gasteiger partial charge on any atom is 0.144 e. The summed E-state index contributed by atoms with van der Waals surface area (Å²) in [6, 6.07) is 10.2. The monoisotopic (exact) mass is 236 g/mol. The first kappa shape index (κ1) is 10.7. The first-order valence-corrected chi connectivity index (χ1v) is 5.76. The van der Waals surface area contributed by atoms with E-state index >= 15 is 0 Å². The molecule has 0 saturated carbocycles. The molecule has 0 spiro atoms. The highest BCUT2D eigenvalue weighted by molar-refractivity contribution is 5.81. The Labute approximate surface area is 105 Å². The lowest BCUT2D eigenvalue weighted by Gasteiger charge is -2.07. The van der Waals surface area contributed by atoms with E-state index in [1.54, 1.807) is 18.6 Å². The molecule has 0 aliphatic rings. The number of pyridine rings is 1. The summed E-state index contributed by atoms with van der Waals surface area (Å²) in [6.45, 7) is 0.688. The quantitative estimate of drug-likeness (QED) is 0.759. The van der Waals surface area contributed by atoms with Crippen LogP contribution in [-0.4, -0.2) is 15.0 Å². The number of nitrogens with one attached hydrogen (secondary N) is 1. The van der Waals surface area contributed by atoms with Gasteiger partial charge in [0.2, 0.25) is 0 Å². The van der Waals surface area contributed by atoms with Crippen LogP contribution in [0.25, 0.3) is 10.9 Å². The molecule has 1 N–H and O–H groups in total. The van der Waals surface area contributed by atoms with Gasteiger partial charge in [-0.15, -0.1) is 0 Å². The number of rotatable bonds is 3. The van der Waals surface area contributed by atoms with Crippen molar-refractivity contribution in [2.75, 3.05) is 5.32 Å². The molecule has 0 saturated heterocycles.